The summed E-state index contributed by atoms with van der Waals surface area (Å²) >= 11 is 0. The summed E-state index contributed by atoms with van der Waals surface area (Å²) in [5.74, 6) is -0.0414. The van der Waals surface area contributed by atoms with Gasteiger partial charge >= 0.3 is 0 Å². The normalized spacial score (nSPS) is 23.5. The molecule has 2 fully saturated rings. The Morgan fingerprint density at radius 1 is 1.36 bits per heavy atom. The second kappa shape index (κ2) is 6.04. The van der Waals surface area contributed by atoms with Gasteiger partial charge in [0.1, 0.15) is 5.69 Å². The molecule has 2 saturated heterocycles. The quantitative estimate of drug-likeness (QED) is 0.884. The van der Waals surface area contributed by atoms with Crippen LogP contribution in [0.15, 0.2) is 24.4 Å². The number of hydrogen-bond acceptors (Lipinski definition) is 4. The molecule has 0 radical (unpaired) electrons. The van der Waals surface area contributed by atoms with E-state index >= 15 is 0 Å². The number of nitrogens with zero attached hydrogens (tertiary/aromatic N) is 2. The highest BCUT2D eigenvalue weighted by Gasteiger charge is 2.43. The van der Waals surface area contributed by atoms with Crippen LogP contribution in [0.4, 0.5) is 0 Å². The van der Waals surface area contributed by atoms with Gasteiger partial charge in [-0.3, -0.25) is 14.6 Å². The van der Waals surface area contributed by atoms with Crippen LogP contribution in [-0.4, -0.2) is 53.0 Å². The fourth-order valence-corrected chi connectivity index (χ4v) is 3.27. The van der Waals surface area contributed by atoms with Crippen molar-refractivity contribution in [3.63, 3.8) is 0 Å². The molecule has 2 aliphatic heterocycles. The van der Waals surface area contributed by atoms with Gasteiger partial charge in [0.25, 0.3) is 5.91 Å². The molecule has 0 unspecified atom stereocenters. The van der Waals surface area contributed by atoms with Gasteiger partial charge in [0.2, 0.25) is 5.91 Å². The van der Waals surface area contributed by atoms with Crippen molar-refractivity contribution in [1.29, 1.82) is 0 Å². The lowest BCUT2D eigenvalue weighted by Gasteiger charge is -2.38. The molecule has 6 nitrogen and oxygen atoms in total. The van der Waals surface area contributed by atoms with Crippen LogP contribution in [0.2, 0.25) is 0 Å². The Hall–Kier alpha value is -1.95. The fraction of sp³-hybridized carbons (Fsp3) is 0.562. The van der Waals surface area contributed by atoms with Gasteiger partial charge in [-0.1, -0.05) is 6.07 Å². The standard InChI is InChI=1S/C16H21N3O3/c1-12(20)19-8-5-16(6-9-19)10-13(11-22-16)18-15(21)14-4-2-3-7-17-14/h2-4,7,13H,5-6,8-11H2,1H3,(H,18,21)/t13-/m0/s1. The van der Waals surface area contributed by atoms with Crippen LogP contribution in [0.5, 0.6) is 0 Å². The zero-order valence-electron chi connectivity index (χ0n) is 12.7. The second-order valence-electron chi connectivity index (χ2n) is 6.09. The minimum atomic E-state index is -0.186. The van der Waals surface area contributed by atoms with Crippen molar-refractivity contribution in [2.75, 3.05) is 19.7 Å². The molecule has 0 saturated carbocycles. The van der Waals surface area contributed by atoms with E-state index in [-0.39, 0.29) is 23.5 Å². The summed E-state index contributed by atoms with van der Waals surface area (Å²) in [6, 6.07) is 5.30. The molecule has 22 heavy (non-hydrogen) atoms. The van der Waals surface area contributed by atoms with E-state index in [1.807, 2.05) is 4.90 Å². The van der Waals surface area contributed by atoms with Gasteiger partial charge in [-0.25, -0.2) is 0 Å². The van der Waals surface area contributed by atoms with Crippen LogP contribution in [0.25, 0.3) is 0 Å². The summed E-state index contributed by atoms with van der Waals surface area (Å²) in [5, 5.41) is 2.99. The van der Waals surface area contributed by atoms with Crippen LogP contribution in [0, 0.1) is 0 Å². The number of ether oxygens (including phenoxy) is 1. The molecule has 118 valence electrons. The third-order valence-corrected chi connectivity index (χ3v) is 4.56. The summed E-state index contributed by atoms with van der Waals surface area (Å²) in [4.78, 5) is 29.4. The van der Waals surface area contributed by atoms with Crippen LogP contribution in [0.1, 0.15) is 36.7 Å². The SMILES string of the molecule is CC(=O)N1CCC2(CC1)C[C@H](NC(=O)c1ccccn1)CO2. The zero-order chi connectivity index (χ0) is 15.6. The lowest BCUT2D eigenvalue weighted by Crippen LogP contribution is -2.46. The monoisotopic (exact) mass is 303 g/mol. The number of likely N-dealkylation sites (tertiary alicyclic amines) is 1. The Kier molecular flexibility index (Phi) is 4.11. The summed E-state index contributed by atoms with van der Waals surface area (Å²) in [6.07, 6.45) is 4.08. The molecule has 6 heteroatoms. The lowest BCUT2D eigenvalue weighted by atomic mass is 9.87. The van der Waals surface area contributed by atoms with Crippen molar-refractivity contribution in [3.8, 4) is 0 Å². The maximum Gasteiger partial charge on any atom is 0.270 e. The van der Waals surface area contributed by atoms with Gasteiger partial charge < -0.3 is 15.0 Å². The van der Waals surface area contributed by atoms with Crippen LogP contribution < -0.4 is 5.32 Å². The summed E-state index contributed by atoms with van der Waals surface area (Å²) in [6.45, 7) is 3.59. The summed E-state index contributed by atoms with van der Waals surface area (Å²) in [5.41, 5.74) is 0.239. The Labute approximate surface area is 129 Å². The Morgan fingerprint density at radius 2 is 2.14 bits per heavy atom. The average Bonchev–Trinajstić information content (AvgIpc) is 2.91. The van der Waals surface area contributed by atoms with E-state index in [2.05, 4.69) is 10.3 Å². The molecule has 0 aliphatic carbocycles. The number of nitrogens with one attached hydrogen (secondary N) is 1. The number of piperidine rings is 1. The van der Waals surface area contributed by atoms with E-state index in [0.717, 1.165) is 32.4 Å². The average molecular weight is 303 g/mol. The van der Waals surface area contributed by atoms with Crippen molar-refractivity contribution < 1.29 is 14.3 Å². The molecule has 1 N–H and O–H groups in total. The van der Waals surface area contributed by atoms with Crippen LogP contribution in [0.3, 0.4) is 0 Å². The van der Waals surface area contributed by atoms with Gasteiger partial charge in [-0.2, -0.15) is 0 Å². The molecular weight excluding hydrogens is 282 g/mol. The Balaban J connectivity index is 1.55. The van der Waals surface area contributed by atoms with Crippen molar-refractivity contribution in [2.24, 2.45) is 0 Å². The fourth-order valence-electron chi connectivity index (χ4n) is 3.27. The third kappa shape index (κ3) is 3.11. The van der Waals surface area contributed by atoms with Crippen molar-refractivity contribution in [3.05, 3.63) is 30.1 Å². The first-order chi connectivity index (χ1) is 10.6. The second-order valence-corrected chi connectivity index (χ2v) is 6.09. The number of rotatable bonds is 2. The van der Waals surface area contributed by atoms with E-state index < -0.39 is 0 Å². The molecule has 3 rings (SSSR count). The zero-order valence-corrected chi connectivity index (χ0v) is 12.7. The minimum Gasteiger partial charge on any atom is -0.373 e. The number of amides is 2. The minimum absolute atomic E-state index is 0.0124. The first-order valence-corrected chi connectivity index (χ1v) is 7.69. The Morgan fingerprint density at radius 3 is 2.77 bits per heavy atom. The molecule has 2 amide bonds. The van der Waals surface area contributed by atoms with Crippen molar-refractivity contribution in [1.82, 2.24) is 15.2 Å². The van der Waals surface area contributed by atoms with Gasteiger partial charge in [0, 0.05) is 26.2 Å². The first kappa shape index (κ1) is 15.0. The lowest BCUT2D eigenvalue weighted by molar-refractivity contribution is -0.133. The number of aromatic nitrogens is 1. The molecule has 1 aromatic rings. The highest BCUT2D eigenvalue weighted by Crippen LogP contribution is 2.35. The number of pyridine rings is 1. The van der Waals surface area contributed by atoms with E-state index in [4.69, 9.17) is 4.74 Å². The van der Waals surface area contributed by atoms with E-state index in [0.29, 0.717) is 12.3 Å². The third-order valence-electron chi connectivity index (χ3n) is 4.56. The molecule has 1 spiro atoms. The number of carbonyl (C=O) groups excluding carboxylic acids is 2. The van der Waals surface area contributed by atoms with Gasteiger partial charge in [0.15, 0.2) is 0 Å². The predicted molar refractivity (Wildman–Crippen MR) is 80.3 cm³/mol. The molecule has 1 atom stereocenters. The van der Waals surface area contributed by atoms with Gasteiger partial charge in [-0.15, -0.1) is 0 Å². The van der Waals surface area contributed by atoms with Gasteiger partial charge in [-0.05, 0) is 31.4 Å². The Bertz CT molecular complexity index is 553. The van der Waals surface area contributed by atoms with Crippen molar-refractivity contribution in [2.45, 2.75) is 37.8 Å². The molecular formula is C16H21N3O3. The van der Waals surface area contributed by atoms with Crippen LogP contribution >= 0.6 is 0 Å². The summed E-state index contributed by atoms with van der Waals surface area (Å²) < 4.78 is 5.99. The molecule has 3 heterocycles. The van der Waals surface area contributed by atoms with E-state index in [1.165, 1.54) is 0 Å². The first-order valence-electron chi connectivity index (χ1n) is 7.69. The molecule has 2 aliphatic rings. The molecule has 1 aromatic heterocycles. The highest BCUT2D eigenvalue weighted by molar-refractivity contribution is 5.92. The van der Waals surface area contributed by atoms with Crippen molar-refractivity contribution >= 4 is 11.8 Å². The topological polar surface area (TPSA) is 71.5 Å². The maximum absolute atomic E-state index is 12.1. The molecule has 0 bridgehead atoms. The van der Waals surface area contributed by atoms with E-state index in [1.54, 1.807) is 31.3 Å². The number of carbonyl (C=O) groups is 2. The van der Waals surface area contributed by atoms with Gasteiger partial charge in [0.05, 0.1) is 18.2 Å². The maximum atomic E-state index is 12.1. The number of hydrogen-bond donors (Lipinski definition) is 1. The largest absolute Gasteiger partial charge is 0.373 e. The smallest absolute Gasteiger partial charge is 0.270 e. The predicted octanol–water partition coefficient (Wildman–Crippen LogP) is 0.981. The van der Waals surface area contributed by atoms with E-state index in [9.17, 15) is 9.59 Å². The summed E-state index contributed by atoms with van der Waals surface area (Å²) in [7, 11) is 0. The van der Waals surface area contributed by atoms with Crippen LogP contribution in [-0.2, 0) is 9.53 Å². The highest BCUT2D eigenvalue weighted by atomic mass is 16.5. The molecule has 0 aromatic carbocycles.